The molecule has 4 aromatic rings. The third-order valence-electron chi connectivity index (χ3n) is 7.52. The largest absolute Gasteiger partial charge is 0.490 e. The van der Waals surface area contributed by atoms with Crippen LogP contribution in [0.2, 0.25) is 5.02 Å². The first-order valence-corrected chi connectivity index (χ1v) is 14.8. The second-order valence-corrected chi connectivity index (χ2v) is 11.4. The second kappa shape index (κ2) is 11.9. The molecule has 40 heavy (non-hydrogen) atoms. The van der Waals surface area contributed by atoms with E-state index in [1.54, 1.807) is 0 Å². The van der Waals surface area contributed by atoms with E-state index in [9.17, 15) is 0 Å². The molecule has 0 unspecified atom stereocenters. The molecule has 2 aliphatic rings. The van der Waals surface area contributed by atoms with Crippen LogP contribution >= 0.6 is 27.5 Å². The summed E-state index contributed by atoms with van der Waals surface area (Å²) in [4.78, 5) is 4.75. The summed E-state index contributed by atoms with van der Waals surface area (Å²) in [6, 6.07) is 29.1. The number of fused-ring (bicyclic) bond motifs is 3. The fourth-order valence-electron chi connectivity index (χ4n) is 5.59. The quantitative estimate of drug-likeness (QED) is 0.159. The number of aliphatic imine (C=N–C) groups is 1. The highest BCUT2D eigenvalue weighted by molar-refractivity contribution is 9.10. The van der Waals surface area contributed by atoms with Crippen LogP contribution in [0.1, 0.15) is 47.6 Å². The zero-order valence-electron chi connectivity index (χ0n) is 22.2. The van der Waals surface area contributed by atoms with E-state index in [1.165, 1.54) is 16.8 Å². The zero-order valence-corrected chi connectivity index (χ0v) is 24.5. The number of hydrogen-bond acceptors (Lipinski definition) is 4. The highest BCUT2D eigenvalue weighted by Gasteiger charge is 2.37. The van der Waals surface area contributed by atoms with Gasteiger partial charge in [0.05, 0.1) is 22.8 Å². The molecular weight excluding hydrogens is 584 g/mol. The summed E-state index contributed by atoms with van der Waals surface area (Å²) in [6.07, 6.45) is 7.65. The van der Waals surface area contributed by atoms with E-state index in [0.717, 1.165) is 27.7 Å². The van der Waals surface area contributed by atoms with Crippen molar-refractivity contribution in [3.05, 3.63) is 129 Å². The molecule has 1 aliphatic carbocycles. The molecule has 0 radical (unpaired) electrons. The Kier molecular flexibility index (Phi) is 7.94. The second-order valence-electron chi connectivity index (χ2n) is 10.1. The van der Waals surface area contributed by atoms with Crippen molar-refractivity contribution in [1.82, 2.24) is 0 Å². The van der Waals surface area contributed by atoms with Gasteiger partial charge in [0, 0.05) is 22.8 Å². The van der Waals surface area contributed by atoms with Gasteiger partial charge in [-0.1, -0.05) is 66.2 Å². The molecule has 6 heteroatoms. The first-order chi connectivity index (χ1) is 19.6. The van der Waals surface area contributed by atoms with Gasteiger partial charge in [-0.2, -0.15) is 0 Å². The van der Waals surface area contributed by atoms with Crippen LogP contribution in [-0.4, -0.2) is 12.8 Å². The molecule has 202 valence electrons. The number of nitrogens with zero attached hydrogens (tertiary/aromatic N) is 1. The zero-order chi connectivity index (χ0) is 27.5. The van der Waals surface area contributed by atoms with E-state index in [1.807, 2.05) is 49.5 Å². The van der Waals surface area contributed by atoms with Gasteiger partial charge in [0.2, 0.25) is 0 Å². The SMILES string of the molecule is CCOc1cc(C=Nc2ccc([C@@H]3Nc4ccccc4[C@@H]4C=CC[C@@H]43)cc2)cc(Br)c1OCc1ccc(Cl)cc1. The van der Waals surface area contributed by atoms with Gasteiger partial charge in [0.1, 0.15) is 6.61 Å². The molecular formula is C34H30BrClN2O2. The maximum atomic E-state index is 6.12. The Morgan fingerprint density at radius 3 is 2.60 bits per heavy atom. The minimum atomic E-state index is 0.276. The Balaban J connectivity index is 1.17. The van der Waals surface area contributed by atoms with Crippen LogP contribution in [0.4, 0.5) is 11.4 Å². The van der Waals surface area contributed by atoms with Crippen molar-refractivity contribution in [2.45, 2.75) is 31.9 Å². The number of rotatable bonds is 8. The molecule has 1 heterocycles. The van der Waals surface area contributed by atoms with Gasteiger partial charge in [-0.05, 0) is 99.9 Å². The van der Waals surface area contributed by atoms with Crippen LogP contribution < -0.4 is 14.8 Å². The molecule has 1 aliphatic heterocycles. The van der Waals surface area contributed by atoms with E-state index in [-0.39, 0.29) is 6.04 Å². The van der Waals surface area contributed by atoms with Crippen molar-refractivity contribution in [2.24, 2.45) is 10.9 Å². The number of ether oxygens (including phenoxy) is 2. The Bertz CT molecular complexity index is 1550. The van der Waals surface area contributed by atoms with Crippen LogP contribution in [0.5, 0.6) is 11.5 Å². The summed E-state index contributed by atoms with van der Waals surface area (Å²) in [5, 5.41) is 4.50. The highest BCUT2D eigenvalue weighted by atomic mass is 79.9. The Morgan fingerprint density at radius 1 is 1.00 bits per heavy atom. The average Bonchev–Trinajstić information content (AvgIpc) is 3.47. The lowest BCUT2D eigenvalue weighted by Crippen LogP contribution is -2.28. The number of hydrogen-bond donors (Lipinski definition) is 1. The van der Waals surface area contributed by atoms with Gasteiger partial charge >= 0.3 is 0 Å². The van der Waals surface area contributed by atoms with Crippen LogP contribution in [0, 0.1) is 5.92 Å². The van der Waals surface area contributed by atoms with Crippen molar-refractivity contribution >= 4 is 45.1 Å². The average molecular weight is 614 g/mol. The van der Waals surface area contributed by atoms with E-state index < -0.39 is 0 Å². The van der Waals surface area contributed by atoms with Crippen LogP contribution in [0.3, 0.4) is 0 Å². The first kappa shape index (κ1) is 26.7. The Labute approximate surface area is 248 Å². The molecule has 1 N–H and O–H groups in total. The number of benzene rings is 4. The molecule has 0 spiro atoms. The molecule has 0 amide bonds. The van der Waals surface area contributed by atoms with E-state index in [4.69, 9.17) is 26.1 Å². The lowest BCUT2D eigenvalue weighted by atomic mass is 9.77. The number of allylic oxidation sites excluding steroid dienone is 2. The lowest BCUT2D eigenvalue weighted by Gasteiger charge is -2.37. The topological polar surface area (TPSA) is 42.8 Å². The maximum Gasteiger partial charge on any atom is 0.175 e. The number of halogens is 2. The molecule has 3 atom stereocenters. The molecule has 6 rings (SSSR count). The molecule has 0 aromatic heterocycles. The Morgan fingerprint density at radius 2 is 1.80 bits per heavy atom. The molecule has 0 saturated heterocycles. The highest BCUT2D eigenvalue weighted by Crippen LogP contribution is 2.49. The smallest absolute Gasteiger partial charge is 0.175 e. The number of nitrogens with one attached hydrogen (secondary N) is 1. The van der Waals surface area contributed by atoms with Crippen LogP contribution in [0.15, 0.2) is 107 Å². The summed E-state index contributed by atoms with van der Waals surface area (Å²) in [6.45, 7) is 2.90. The van der Waals surface area contributed by atoms with Crippen molar-refractivity contribution < 1.29 is 9.47 Å². The molecule has 0 bridgehead atoms. The third kappa shape index (κ3) is 5.67. The fourth-order valence-corrected chi connectivity index (χ4v) is 6.29. The first-order valence-electron chi connectivity index (χ1n) is 13.6. The van der Waals surface area contributed by atoms with Gasteiger partial charge in [0.15, 0.2) is 11.5 Å². The van der Waals surface area contributed by atoms with Crippen molar-refractivity contribution in [1.29, 1.82) is 0 Å². The van der Waals surface area contributed by atoms with E-state index in [2.05, 4.69) is 81.9 Å². The summed E-state index contributed by atoms with van der Waals surface area (Å²) in [5.74, 6) is 2.33. The van der Waals surface area contributed by atoms with Crippen molar-refractivity contribution in [2.75, 3.05) is 11.9 Å². The minimum absolute atomic E-state index is 0.276. The van der Waals surface area contributed by atoms with Crippen LogP contribution in [0.25, 0.3) is 0 Å². The van der Waals surface area contributed by atoms with Gasteiger partial charge in [-0.25, -0.2) is 0 Å². The summed E-state index contributed by atoms with van der Waals surface area (Å²) < 4.78 is 12.8. The normalized spacial score (nSPS) is 19.2. The fraction of sp³-hybridized carbons (Fsp3) is 0.206. The maximum absolute atomic E-state index is 6.12. The molecule has 0 saturated carbocycles. The molecule has 0 fully saturated rings. The van der Waals surface area contributed by atoms with Gasteiger partial charge in [-0.3, -0.25) is 4.99 Å². The predicted molar refractivity (Wildman–Crippen MR) is 168 cm³/mol. The number of anilines is 1. The predicted octanol–water partition coefficient (Wildman–Crippen LogP) is 9.66. The summed E-state index contributed by atoms with van der Waals surface area (Å²) in [5.41, 5.74) is 6.77. The lowest BCUT2D eigenvalue weighted by molar-refractivity contribution is 0.267. The summed E-state index contributed by atoms with van der Waals surface area (Å²) >= 11 is 9.67. The van der Waals surface area contributed by atoms with E-state index in [0.29, 0.717) is 41.6 Å². The minimum Gasteiger partial charge on any atom is -0.490 e. The van der Waals surface area contributed by atoms with Crippen molar-refractivity contribution in [3.8, 4) is 11.5 Å². The Hall–Kier alpha value is -3.54. The van der Waals surface area contributed by atoms with Crippen molar-refractivity contribution in [3.63, 3.8) is 0 Å². The molecule has 4 nitrogen and oxygen atoms in total. The van der Waals surface area contributed by atoms with Gasteiger partial charge in [0.25, 0.3) is 0 Å². The standard InChI is InChI=1S/C34H30BrClN2O2/c1-2-39-32-19-23(18-30(35)34(32)40-21-22-10-14-25(36)15-11-22)20-37-26-16-12-24(13-17-26)33-29-8-5-7-27(29)28-6-3-4-9-31(28)38-33/h3-7,9-20,27,29,33,38H,2,8,21H2,1H3/t27-,29-,33-/m0/s1. The monoisotopic (exact) mass is 612 g/mol. The van der Waals surface area contributed by atoms with Crippen LogP contribution in [-0.2, 0) is 6.61 Å². The summed E-state index contributed by atoms with van der Waals surface area (Å²) in [7, 11) is 0. The molecule has 4 aromatic carbocycles. The third-order valence-corrected chi connectivity index (χ3v) is 8.36. The number of para-hydroxylation sites is 1. The van der Waals surface area contributed by atoms with E-state index >= 15 is 0 Å². The van der Waals surface area contributed by atoms with Gasteiger partial charge < -0.3 is 14.8 Å². The van der Waals surface area contributed by atoms with Gasteiger partial charge in [-0.15, -0.1) is 0 Å².